The summed E-state index contributed by atoms with van der Waals surface area (Å²) in [6.45, 7) is 0. The highest BCUT2D eigenvalue weighted by molar-refractivity contribution is 5.91. The Hall–Kier alpha value is -7.78. The van der Waals surface area contributed by atoms with E-state index in [0.717, 1.165) is 84.0 Å². The zero-order chi connectivity index (χ0) is 36.0. The lowest BCUT2D eigenvalue weighted by Crippen LogP contribution is -2.30. The van der Waals surface area contributed by atoms with E-state index in [9.17, 15) is 0 Å². The van der Waals surface area contributed by atoms with Crippen molar-refractivity contribution in [1.29, 1.82) is 0 Å². The maximum atomic E-state index is 6.64. The molecule has 0 aliphatic rings. The van der Waals surface area contributed by atoms with Gasteiger partial charge in [-0.2, -0.15) is 0 Å². The lowest BCUT2D eigenvalue weighted by atomic mass is 10.0. The fourth-order valence-corrected chi connectivity index (χ4v) is 7.96. The Morgan fingerprint density at radius 1 is 0.455 bits per heavy atom. The minimum atomic E-state index is 0.685. The Morgan fingerprint density at radius 2 is 1.04 bits per heavy atom. The van der Waals surface area contributed by atoms with Crippen LogP contribution in [0.25, 0.3) is 84.0 Å². The highest BCUT2D eigenvalue weighted by Gasteiger charge is 2.21. The average Bonchev–Trinajstić information content (AvgIpc) is 4.01. The van der Waals surface area contributed by atoms with Gasteiger partial charge >= 0.3 is 0 Å². The maximum Gasteiger partial charge on any atom is 0.269 e. The summed E-state index contributed by atoms with van der Waals surface area (Å²) in [6, 6.07) is 57.8. The first-order chi connectivity index (χ1) is 27.3. The van der Waals surface area contributed by atoms with Gasteiger partial charge in [0.25, 0.3) is 6.33 Å². The van der Waals surface area contributed by atoms with Crippen LogP contribution in [-0.4, -0.2) is 32.7 Å². The van der Waals surface area contributed by atoms with E-state index in [-0.39, 0.29) is 0 Å². The van der Waals surface area contributed by atoms with Crippen LogP contribution in [0.5, 0.6) is 11.5 Å². The van der Waals surface area contributed by atoms with Crippen LogP contribution in [0, 0.1) is 6.33 Å². The lowest BCUT2D eigenvalue weighted by Gasteiger charge is -2.11. The van der Waals surface area contributed by atoms with Gasteiger partial charge in [0, 0.05) is 6.07 Å². The molecule has 0 bridgehead atoms. The summed E-state index contributed by atoms with van der Waals surface area (Å²) >= 11 is 0. The Kier molecular flexibility index (Phi) is 6.15. The van der Waals surface area contributed by atoms with Crippen molar-refractivity contribution in [2.75, 3.05) is 0 Å². The molecule has 0 spiro atoms. The molecule has 0 atom stereocenters. The molecule has 0 saturated carbocycles. The van der Waals surface area contributed by atoms with Crippen LogP contribution >= 0.6 is 0 Å². The van der Waals surface area contributed by atoms with Crippen molar-refractivity contribution < 1.29 is 9.30 Å². The predicted octanol–water partition coefficient (Wildman–Crippen LogP) is 9.57. The van der Waals surface area contributed by atoms with Crippen molar-refractivity contribution >= 4 is 61.5 Å². The molecule has 9 nitrogen and oxygen atoms in total. The van der Waals surface area contributed by atoms with Crippen LogP contribution in [-0.2, 0) is 0 Å². The van der Waals surface area contributed by atoms with Gasteiger partial charge in [-0.15, -0.1) is 0 Å². The van der Waals surface area contributed by atoms with Gasteiger partial charge in [0.05, 0.1) is 55.5 Å². The van der Waals surface area contributed by atoms with E-state index in [1.54, 1.807) is 0 Å². The van der Waals surface area contributed by atoms with Gasteiger partial charge in [-0.3, -0.25) is 9.13 Å². The molecule has 0 fully saturated rings. The predicted molar refractivity (Wildman–Crippen MR) is 214 cm³/mol. The fourth-order valence-electron chi connectivity index (χ4n) is 7.96. The van der Waals surface area contributed by atoms with Crippen molar-refractivity contribution in [1.82, 2.24) is 32.7 Å². The zero-order valence-electron chi connectivity index (χ0n) is 29.2. The quantitative estimate of drug-likeness (QED) is 0.132. The Balaban J connectivity index is 0.995. The molecular formula is C46H28N8O. The highest BCUT2D eigenvalue weighted by atomic mass is 16.5. The van der Waals surface area contributed by atoms with Gasteiger partial charge in [0.15, 0.2) is 0 Å². The number of aromatic nitrogens is 8. The van der Waals surface area contributed by atoms with Crippen LogP contribution in [0.15, 0.2) is 170 Å². The van der Waals surface area contributed by atoms with E-state index in [2.05, 4.69) is 126 Å². The minimum absolute atomic E-state index is 0.685. The Bertz CT molecular complexity index is 3440. The normalized spacial score (nSPS) is 12.0. The molecule has 0 aliphatic heterocycles. The second-order valence-corrected chi connectivity index (χ2v) is 13.6. The topological polar surface area (TPSA) is 69.9 Å². The molecule has 7 aromatic carbocycles. The number of nitrogens with zero attached hydrogens (tertiary/aromatic N) is 8. The molecule has 12 rings (SSSR count). The lowest BCUT2D eigenvalue weighted by molar-refractivity contribution is -0.571. The van der Waals surface area contributed by atoms with E-state index in [1.165, 1.54) is 0 Å². The first kappa shape index (κ1) is 29.8. The average molecular weight is 709 g/mol. The standard InChI is InChI=1S/C46H28N8O/c1-2-13-30(14-3-1)34-17-4-7-20-38(34)51-29-50(41-23-10-11-24-42(41)51)31-15-12-16-32(27-31)55-33-25-26-37-43(28-33)54-45-48-36-19-6-9-22-40(36)52(45)44-47-35-18-5-8-21-39(35)53(44)46(54)49-37/h1-28H. The van der Waals surface area contributed by atoms with Gasteiger partial charge < -0.3 is 4.74 Å². The molecule has 0 radical (unpaired) electrons. The third-order valence-electron chi connectivity index (χ3n) is 10.4. The molecule has 0 aliphatic carbocycles. The SMILES string of the molecule is [c-]1n(-c2cccc(Oc3ccc4nc5n6c7ccccc7nc6n6c7ccccc7nc6n5c4c3)c2)c2ccccc2[n+]1-c1ccccc1-c1ccccc1. The molecule has 12 aromatic rings. The maximum absolute atomic E-state index is 6.64. The number of ether oxygens (including phenoxy) is 1. The second-order valence-electron chi connectivity index (χ2n) is 13.6. The molecule has 5 aromatic heterocycles. The largest absolute Gasteiger partial charge is 0.458 e. The van der Waals surface area contributed by atoms with Gasteiger partial charge in [-0.05, 0) is 71.8 Å². The first-order valence-electron chi connectivity index (χ1n) is 18.1. The van der Waals surface area contributed by atoms with E-state index in [0.29, 0.717) is 11.5 Å². The summed E-state index contributed by atoms with van der Waals surface area (Å²) in [5.74, 6) is 3.62. The number of fused-ring (bicyclic) bond motifs is 13. The van der Waals surface area contributed by atoms with E-state index in [4.69, 9.17) is 19.7 Å². The monoisotopic (exact) mass is 708 g/mol. The number of hydrogen-bond donors (Lipinski definition) is 0. The van der Waals surface area contributed by atoms with Crippen LogP contribution in [0.1, 0.15) is 0 Å². The number of para-hydroxylation sites is 7. The molecular weight excluding hydrogens is 681 g/mol. The number of hydrogen-bond acceptors (Lipinski definition) is 4. The van der Waals surface area contributed by atoms with Crippen LogP contribution < -0.4 is 9.30 Å². The first-order valence-corrected chi connectivity index (χ1v) is 18.1. The molecule has 0 N–H and O–H groups in total. The summed E-state index contributed by atoms with van der Waals surface area (Å²) in [7, 11) is 0. The molecule has 0 amide bonds. The number of rotatable bonds is 5. The van der Waals surface area contributed by atoms with Gasteiger partial charge in [-0.25, -0.2) is 28.2 Å². The zero-order valence-corrected chi connectivity index (χ0v) is 29.2. The molecule has 0 unspecified atom stereocenters. The van der Waals surface area contributed by atoms with Crippen LogP contribution in [0.3, 0.4) is 0 Å². The Labute approximate surface area is 312 Å². The fraction of sp³-hybridized carbons (Fsp3) is 0. The van der Waals surface area contributed by atoms with Crippen LogP contribution in [0.4, 0.5) is 0 Å². The number of benzene rings is 7. The van der Waals surface area contributed by atoms with E-state index < -0.39 is 0 Å². The summed E-state index contributed by atoms with van der Waals surface area (Å²) in [6.07, 6.45) is 3.67. The molecule has 55 heavy (non-hydrogen) atoms. The van der Waals surface area contributed by atoms with Gasteiger partial charge in [0.1, 0.15) is 11.5 Å². The van der Waals surface area contributed by atoms with Crippen molar-refractivity contribution in [2.45, 2.75) is 0 Å². The minimum Gasteiger partial charge on any atom is -0.458 e. The molecule has 0 saturated heterocycles. The molecule has 9 heteroatoms. The molecule has 5 heterocycles. The second kappa shape index (κ2) is 11.4. The third-order valence-corrected chi connectivity index (χ3v) is 10.4. The third kappa shape index (κ3) is 4.41. The smallest absolute Gasteiger partial charge is 0.269 e. The van der Waals surface area contributed by atoms with Crippen molar-refractivity contribution in [3.63, 3.8) is 0 Å². The van der Waals surface area contributed by atoms with Crippen molar-refractivity contribution in [3.05, 3.63) is 176 Å². The Morgan fingerprint density at radius 3 is 1.78 bits per heavy atom. The number of imidazole rings is 4. The van der Waals surface area contributed by atoms with Gasteiger partial charge in [0.2, 0.25) is 17.3 Å². The van der Waals surface area contributed by atoms with Crippen molar-refractivity contribution in [3.8, 4) is 34.0 Å². The molecule has 258 valence electrons. The summed E-state index contributed by atoms with van der Waals surface area (Å²) in [4.78, 5) is 15.3. The summed E-state index contributed by atoms with van der Waals surface area (Å²) in [5, 5.41) is 0. The summed E-state index contributed by atoms with van der Waals surface area (Å²) < 4.78 is 17.2. The van der Waals surface area contributed by atoms with Gasteiger partial charge in [-0.1, -0.05) is 103 Å². The van der Waals surface area contributed by atoms with Crippen molar-refractivity contribution in [2.24, 2.45) is 0 Å². The highest BCUT2D eigenvalue weighted by Crippen LogP contribution is 2.33. The van der Waals surface area contributed by atoms with Crippen LogP contribution in [0.2, 0.25) is 0 Å². The van der Waals surface area contributed by atoms with E-state index in [1.807, 2.05) is 72.8 Å². The van der Waals surface area contributed by atoms with E-state index >= 15 is 0 Å². The summed E-state index contributed by atoms with van der Waals surface area (Å²) in [5.41, 5.74) is 11.8.